The van der Waals surface area contributed by atoms with Gasteiger partial charge in [0, 0.05) is 35.4 Å². The number of benzene rings is 3. The first-order valence-corrected chi connectivity index (χ1v) is 9.83. The Kier molecular flexibility index (Phi) is 4.51. The van der Waals surface area contributed by atoms with E-state index < -0.39 is 20.0 Å². The zero-order chi connectivity index (χ0) is 21.5. The van der Waals surface area contributed by atoms with Crippen molar-refractivity contribution in [3.05, 3.63) is 98.1 Å². The Morgan fingerprint density at radius 2 is 1.30 bits per heavy atom. The molecular weight excluding hydrogens is 414 g/mol. The van der Waals surface area contributed by atoms with Crippen LogP contribution in [0.1, 0.15) is 11.1 Å². The maximum atomic E-state index is 12.5. The van der Waals surface area contributed by atoms with Crippen LogP contribution in [0.4, 0.5) is 11.4 Å². The fraction of sp³-hybridized carbons (Fsp3) is 0. The summed E-state index contributed by atoms with van der Waals surface area (Å²) in [6, 6.07) is 15.3. The van der Waals surface area contributed by atoms with E-state index in [4.69, 9.17) is 4.28 Å². The zero-order valence-electron chi connectivity index (χ0n) is 15.0. The average molecular weight is 425 g/mol. The number of nitrogens with zero attached hydrogens (tertiary/aromatic N) is 3. The highest BCUT2D eigenvalue weighted by Crippen LogP contribution is 2.38. The quantitative estimate of drug-likeness (QED) is 0.351. The summed E-state index contributed by atoms with van der Waals surface area (Å²) in [6.45, 7) is 0. The number of non-ortho nitro benzene ring substituents is 2. The van der Waals surface area contributed by atoms with E-state index in [0.717, 1.165) is 29.8 Å². The van der Waals surface area contributed by atoms with Gasteiger partial charge in [-0.3, -0.25) is 24.5 Å². The lowest BCUT2D eigenvalue weighted by Crippen LogP contribution is -2.07. The molecule has 3 aromatic carbocycles. The molecule has 0 amide bonds. The van der Waals surface area contributed by atoms with Gasteiger partial charge >= 0.3 is 10.1 Å². The summed E-state index contributed by atoms with van der Waals surface area (Å²) in [6.07, 6.45) is 0. The van der Waals surface area contributed by atoms with Crippen LogP contribution in [0.2, 0.25) is 0 Å². The number of hydrogen-bond acceptors (Lipinski definition) is 8. The maximum Gasteiger partial charge on any atom is 0.358 e. The molecule has 11 heteroatoms. The van der Waals surface area contributed by atoms with Crippen LogP contribution in [0.15, 0.2) is 76.8 Å². The molecule has 10 nitrogen and oxygen atoms in total. The van der Waals surface area contributed by atoms with Crippen LogP contribution in [-0.4, -0.2) is 24.0 Å². The van der Waals surface area contributed by atoms with Gasteiger partial charge in [-0.1, -0.05) is 29.4 Å². The number of fused-ring (bicyclic) bond motifs is 3. The molecule has 30 heavy (non-hydrogen) atoms. The van der Waals surface area contributed by atoms with Crippen molar-refractivity contribution in [3.63, 3.8) is 0 Å². The van der Waals surface area contributed by atoms with Crippen molar-refractivity contribution in [1.82, 2.24) is 0 Å². The van der Waals surface area contributed by atoms with Gasteiger partial charge < -0.3 is 0 Å². The molecule has 0 spiro atoms. The summed E-state index contributed by atoms with van der Waals surface area (Å²) in [5.74, 6) is 0. The lowest BCUT2D eigenvalue weighted by Gasteiger charge is -2.04. The minimum atomic E-state index is -4.37. The lowest BCUT2D eigenvalue weighted by molar-refractivity contribution is -0.385. The molecule has 0 saturated carbocycles. The van der Waals surface area contributed by atoms with E-state index in [2.05, 4.69) is 5.16 Å². The van der Waals surface area contributed by atoms with Crippen LogP contribution in [0, 0.1) is 20.2 Å². The summed E-state index contributed by atoms with van der Waals surface area (Å²) >= 11 is 0. The third-order valence-corrected chi connectivity index (χ3v) is 5.62. The molecule has 1 aliphatic carbocycles. The van der Waals surface area contributed by atoms with E-state index in [9.17, 15) is 28.6 Å². The van der Waals surface area contributed by atoms with Gasteiger partial charge in [0.1, 0.15) is 10.6 Å². The van der Waals surface area contributed by atoms with Gasteiger partial charge in [0.2, 0.25) is 0 Å². The second kappa shape index (κ2) is 7.04. The SMILES string of the molecule is O=[N+]([O-])c1ccc(S(=O)(=O)O/N=C2\c3ccccc3-c3ccc([N+](=O)[O-])cc32)cc1. The fourth-order valence-electron chi connectivity index (χ4n) is 3.11. The van der Waals surface area contributed by atoms with E-state index in [1.807, 2.05) is 0 Å². The summed E-state index contributed by atoms with van der Waals surface area (Å²) < 4.78 is 29.8. The molecule has 0 N–H and O–H groups in total. The predicted molar refractivity (Wildman–Crippen MR) is 106 cm³/mol. The standard InChI is InChI=1S/C19H11N3O7S/c23-21(24)12-5-8-14(9-6-12)30(27,28)29-20-19-17-4-2-1-3-15(17)16-10-7-13(22(25)26)11-18(16)19/h1-11H/b20-19+. The predicted octanol–water partition coefficient (Wildman–Crippen LogP) is 3.64. The Morgan fingerprint density at radius 1 is 0.733 bits per heavy atom. The first-order valence-electron chi connectivity index (χ1n) is 8.42. The van der Waals surface area contributed by atoms with Gasteiger partial charge in [0.25, 0.3) is 11.4 Å². The van der Waals surface area contributed by atoms with Gasteiger partial charge in [-0.05, 0) is 29.3 Å². The molecule has 4 rings (SSSR count). The summed E-state index contributed by atoms with van der Waals surface area (Å²) in [4.78, 5) is 20.3. The Balaban J connectivity index is 1.75. The van der Waals surface area contributed by atoms with Crippen molar-refractivity contribution >= 4 is 27.2 Å². The van der Waals surface area contributed by atoms with Crippen LogP contribution < -0.4 is 0 Å². The molecule has 3 aromatic rings. The monoisotopic (exact) mass is 425 g/mol. The highest BCUT2D eigenvalue weighted by Gasteiger charge is 2.28. The van der Waals surface area contributed by atoms with Crippen LogP contribution in [0.25, 0.3) is 11.1 Å². The van der Waals surface area contributed by atoms with Crippen molar-refractivity contribution in [3.8, 4) is 11.1 Å². The molecule has 0 aliphatic heterocycles. The Labute approximate surface area is 169 Å². The van der Waals surface area contributed by atoms with E-state index in [1.54, 1.807) is 30.3 Å². The molecule has 0 atom stereocenters. The van der Waals surface area contributed by atoms with Crippen molar-refractivity contribution in [2.24, 2.45) is 5.16 Å². The van der Waals surface area contributed by atoms with Crippen molar-refractivity contribution in [1.29, 1.82) is 0 Å². The molecule has 0 heterocycles. The first-order chi connectivity index (χ1) is 14.3. The highest BCUT2D eigenvalue weighted by molar-refractivity contribution is 7.86. The van der Waals surface area contributed by atoms with Crippen LogP contribution in [-0.2, 0) is 14.4 Å². The lowest BCUT2D eigenvalue weighted by atomic mass is 10.1. The van der Waals surface area contributed by atoms with Gasteiger partial charge in [-0.2, -0.15) is 8.42 Å². The number of nitro benzene ring substituents is 2. The minimum Gasteiger partial charge on any atom is -0.264 e. The minimum absolute atomic E-state index is 0.134. The molecule has 1 aliphatic rings. The molecular formula is C19H11N3O7S. The largest absolute Gasteiger partial charge is 0.358 e. The number of rotatable bonds is 5. The van der Waals surface area contributed by atoms with Crippen LogP contribution >= 0.6 is 0 Å². The van der Waals surface area contributed by atoms with Crippen LogP contribution in [0.5, 0.6) is 0 Å². The second-order valence-corrected chi connectivity index (χ2v) is 7.78. The topological polar surface area (TPSA) is 142 Å². The molecule has 0 unspecified atom stereocenters. The number of oxime groups is 1. The van der Waals surface area contributed by atoms with E-state index >= 15 is 0 Å². The maximum absolute atomic E-state index is 12.5. The third kappa shape index (κ3) is 3.26. The van der Waals surface area contributed by atoms with E-state index in [-0.39, 0.29) is 22.0 Å². The normalized spacial score (nSPS) is 13.5. The van der Waals surface area contributed by atoms with Crippen molar-refractivity contribution in [2.75, 3.05) is 0 Å². The molecule has 0 aromatic heterocycles. The van der Waals surface area contributed by atoms with Crippen molar-refractivity contribution < 1.29 is 22.5 Å². The van der Waals surface area contributed by atoms with Crippen molar-refractivity contribution in [2.45, 2.75) is 4.90 Å². The summed E-state index contributed by atoms with van der Waals surface area (Å²) in [7, 11) is -4.37. The Morgan fingerprint density at radius 3 is 1.93 bits per heavy atom. The van der Waals surface area contributed by atoms with Gasteiger partial charge in [-0.25, -0.2) is 0 Å². The molecule has 0 saturated heterocycles. The molecule has 150 valence electrons. The third-order valence-electron chi connectivity index (χ3n) is 4.50. The fourth-order valence-corrected chi connectivity index (χ4v) is 3.84. The highest BCUT2D eigenvalue weighted by atomic mass is 32.2. The van der Waals surface area contributed by atoms with Crippen LogP contribution in [0.3, 0.4) is 0 Å². The first kappa shape index (κ1) is 19.2. The molecule has 0 bridgehead atoms. The second-order valence-electron chi connectivity index (χ2n) is 6.25. The Hall–Kier alpha value is -4.12. The van der Waals surface area contributed by atoms with E-state index in [0.29, 0.717) is 16.7 Å². The smallest absolute Gasteiger partial charge is 0.264 e. The van der Waals surface area contributed by atoms with Gasteiger partial charge in [0.05, 0.1) is 9.85 Å². The number of hydrogen-bond donors (Lipinski definition) is 0. The summed E-state index contributed by atoms with van der Waals surface area (Å²) in [5, 5.41) is 25.7. The zero-order valence-corrected chi connectivity index (χ0v) is 15.8. The number of nitro groups is 2. The Bertz CT molecular complexity index is 1330. The molecule has 0 fully saturated rings. The van der Waals surface area contributed by atoms with Gasteiger partial charge in [-0.15, -0.1) is 0 Å². The summed E-state index contributed by atoms with van der Waals surface area (Å²) in [5.41, 5.74) is 2.01. The molecule has 0 radical (unpaired) electrons. The average Bonchev–Trinajstić information content (AvgIpc) is 3.05. The van der Waals surface area contributed by atoms with Gasteiger partial charge in [0.15, 0.2) is 0 Å². The van der Waals surface area contributed by atoms with E-state index in [1.165, 1.54) is 12.1 Å².